The zero-order valence-electron chi connectivity index (χ0n) is 25.5. The number of unbranched alkanes of at least 4 members (excludes halogenated alkanes) is 9. The maximum atomic E-state index is 12.1. The Labute approximate surface area is 320 Å². The van der Waals surface area contributed by atoms with Crippen molar-refractivity contribution in [2.24, 2.45) is 0 Å². The van der Waals surface area contributed by atoms with E-state index in [1.807, 2.05) is 5.92 Å². The molecule has 0 aliphatic carbocycles. The zero-order chi connectivity index (χ0) is 29.7. The van der Waals surface area contributed by atoms with Gasteiger partial charge in [-0.1, -0.05) is 70.6 Å². The monoisotopic (exact) mass is 651 g/mol. The maximum absolute atomic E-state index is 12.1. The van der Waals surface area contributed by atoms with Gasteiger partial charge >= 0.3 is 71.1 Å². The average Bonchev–Trinajstić information content (AvgIpc) is 2.90. The molecule has 244 valence electrons. The molecule has 0 amide bonds. The third-order valence-electron chi connectivity index (χ3n) is 4.58. The van der Waals surface area contributed by atoms with E-state index >= 15 is 0 Å². The number of rotatable bonds is 16. The first-order chi connectivity index (χ1) is 19.3. The molecule has 43 heavy (non-hydrogen) atoms. The Morgan fingerprint density at radius 3 is 1.56 bits per heavy atom. The van der Waals surface area contributed by atoms with E-state index in [2.05, 4.69) is 88.4 Å². The number of phosphoric acid groups is 1. The van der Waals surface area contributed by atoms with Crippen molar-refractivity contribution in [2.45, 2.75) is 90.8 Å². The summed E-state index contributed by atoms with van der Waals surface area (Å²) < 4.78 is 24.6. The van der Waals surface area contributed by atoms with Crippen LogP contribution in [0.4, 0.5) is 0 Å². The predicted octanol–water partition coefficient (Wildman–Crippen LogP) is -0.0331. The molecule has 0 aliphatic heterocycles. The molecule has 0 rings (SSSR count). The summed E-state index contributed by atoms with van der Waals surface area (Å²) in [4.78, 5) is 45.5. The second-order valence-corrected chi connectivity index (χ2v) is 9.03. The molecule has 12 heteroatoms. The molecule has 0 unspecified atom stereocenters. The molecule has 0 aromatic heterocycles. The van der Waals surface area contributed by atoms with Crippen LogP contribution in [0.25, 0.3) is 0 Å². The maximum Gasteiger partial charge on any atom is 1.00 e. The van der Waals surface area contributed by atoms with Gasteiger partial charge in [-0.05, 0) is 84.4 Å². The Hall–Kier alpha value is -2.07. The van der Waals surface area contributed by atoms with E-state index in [9.17, 15) is 23.9 Å². The number of ether oxygens (including phenoxy) is 2. The molecular formula is C31H60NNa2O8P. The number of phosphoric ester groups is 1. The zero-order valence-corrected chi connectivity index (χ0v) is 30.4. The summed E-state index contributed by atoms with van der Waals surface area (Å²) in [5.74, 6) is 31.4. The molecular weight excluding hydrogens is 591 g/mol. The van der Waals surface area contributed by atoms with Crippen LogP contribution in [0.15, 0.2) is 0 Å². The minimum Gasteiger partial charge on any atom is -0.790 e. The first-order valence-electron chi connectivity index (χ1n) is 12.8. The van der Waals surface area contributed by atoms with E-state index in [1.165, 1.54) is 32.1 Å². The Balaban J connectivity index is -0.0000000634. The van der Waals surface area contributed by atoms with Crippen LogP contribution in [0.5, 0.6) is 0 Å². The number of esters is 2. The van der Waals surface area contributed by atoms with Gasteiger partial charge < -0.3 is 34.5 Å². The molecule has 0 spiro atoms. The van der Waals surface area contributed by atoms with Gasteiger partial charge in [0.05, 0.1) is 7.82 Å². The number of carbonyl (C=O) groups excluding carboxylic acids is 2. The van der Waals surface area contributed by atoms with E-state index in [1.54, 1.807) is 6.92 Å². The molecule has 0 heterocycles. The van der Waals surface area contributed by atoms with Crippen molar-refractivity contribution >= 4 is 19.8 Å². The summed E-state index contributed by atoms with van der Waals surface area (Å²) >= 11 is 0. The van der Waals surface area contributed by atoms with E-state index in [0.29, 0.717) is 6.42 Å². The fourth-order valence-corrected chi connectivity index (χ4v) is 3.12. The second kappa shape index (κ2) is 34.4. The van der Waals surface area contributed by atoms with Crippen molar-refractivity contribution in [3.05, 3.63) is 0 Å². The number of hydrogen-bond acceptors (Lipinski definition) is 9. The minimum absolute atomic E-state index is 0. The van der Waals surface area contributed by atoms with Gasteiger partial charge in [-0.3, -0.25) is 4.79 Å². The molecule has 1 atom stereocenters. The largest absolute Gasteiger partial charge is 1.00 e. The molecule has 0 saturated heterocycles. The number of hydrogen-bond donors (Lipinski definition) is 1. The van der Waals surface area contributed by atoms with Crippen molar-refractivity contribution in [1.82, 2.24) is 6.15 Å². The van der Waals surface area contributed by atoms with Gasteiger partial charge in [0.2, 0.25) is 0 Å². The van der Waals surface area contributed by atoms with Crippen molar-refractivity contribution in [1.29, 1.82) is 0 Å². The minimum atomic E-state index is -5.39. The van der Waals surface area contributed by atoms with Crippen LogP contribution in [0.2, 0.25) is 0 Å². The molecule has 0 aliphatic rings. The molecule has 0 bridgehead atoms. The van der Waals surface area contributed by atoms with Crippen LogP contribution in [0.1, 0.15) is 103 Å². The van der Waals surface area contributed by atoms with Gasteiger partial charge in [-0.15, -0.1) is 0 Å². The van der Waals surface area contributed by atoms with Crippen LogP contribution in [0.3, 0.4) is 0 Å². The molecule has 3 N–H and O–H groups in total. The van der Waals surface area contributed by atoms with Crippen molar-refractivity contribution in [2.75, 3.05) is 6.61 Å². The third kappa shape index (κ3) is 37.9. The summed E-state index contributed by atoms with van der Waals surface area (Å²) in [6, 6.07) is 0. The molecule has 0 fully saturated rings. The predicted molar refractivity (Wildman–Crippen MR) is 179 cm³/mol. The van der Waals surface area contributed by atoms with E-state index in [-0.39, 0.29) is 90.2 Å². The van der Waals surface area contributed by atoms with Crippen LogP contribution in [-0.2, 0) is 28.2 Å². The topological polar surface area (TPSA) is 160 Å². The fourth-order valence-electron chi connectivity index (χ4n) is 2.81. The Morgan fingerprint density at radius 1 is 0.698 bits per heavy atom. The summed E-state index contributed by atoms with van der Waals surface area (Å²) in [7, 11) is -5.39. The third-order valence-corrected chi connectivity index (χ3v) is 5.05. The average molecular weight is 652 g/mol. The Kier molecular flexibility index (Phi) is 38.3. The molecule has 0 radical (unpaired) electrons. The van der Waals surface area contributed by atoms with Crippen molar-refractivity contribution in [3.63, 3.8) is 0 Å². The van der Waals surface area contributed by atoms with Gasteiger partial charge in [0.25, 0.3) is 6.29 Å². The Bertz CT molecular complexity index is 1360. The van der Waals surface area contributed by atoms with Gasteiger partial charge in [-0.25, -0.2) is 4.79 Å². The summed E-state index contributed by atoms with van der Waals surface area (Å²) in [6.45, 7) is 2.85. The normalized spacial score (nSPS) is 8.93. The van der Waals surface area contributed by atoms with Crippen molar-refractivity contribution < 1.29 is 116 Å². The second-order valence-electron chi connectivity index (χ2n) is 7.87. The van der Waals surface area contributed by atoms with Crippen molar-refractivity contribution in [3.8, 4) is 82.9 Å². The first kappa shape index (κ1) is 47.8. The number of carbonyl (C=O) groups is 2. The van der Waals surface area contributed by atoms with Gasteiger partial charge in [0.1, 0.15) is 6.61 Å². The molecule has 0 aromatic carbocycles. The standard InChI is InChI=1S/C31H33O8P.H3N.2Na.13H2/c1-3-5-7-9-11-13-15-16-17-19-21-23-25-27-30(33)39-31(28-37-40(34,35)36)38-29(32)26-24-22-20-18-14-12-10-8-6-4-2;;;;;;;;;;;;;;;;/h31H,4,6,8,10,12,14,18,20,22,24,26,28H2,1-2H3,(H2,34,35,36);1H3;;;13*1H/q;;2*+1;;;;;;;;;;;;;/p-2/t31-;;;;;;;;;;;;;;;;/m1................/s1. The summed E-state index contributed by atoms with van der Waals surface area (Å²) in [5.41, 5.74) is 0. The molecule has 0 aromatic rings. The van der Waals surface area contributed by atoms with Gasteiger partial charge in [-0.2, -0.15) is 0 Å². The van der Waals surface area contributed by atoms with E-state index < -0.39 is 32.7 Å². The van der Waals surface area contributed by atoms with E-state index in [4.69, 9.17) is 9.47 Å². The Morgan fingerprint density at radius 2 is 1.12 bits per heavy atom. The summed E-state index contributed by atoms with van der Waals surface area (Å²) in [6.07, 6.45) is 9.03. The van der Waals surface area contributed by atoms with Crippen LogP contribution >= 0.6 is 7.82 Å². The quantitative estimate of drug-likeness (QED) is 0.0460. The molecule has 0 saturated carbocycles. The first-order valence-corrected chi connectivity index (χ1v) is 14.2. The van der Waals surface area contributed by atoms with Crippen LogP contribution < -0.4 is 75.1 Å². The smallest absolute Gasteiger partial charge is 0.790 e. The summed E-state index contributed by atoms with van der Waals surface area (Å²) in [5, 5.41) is 0. The molecule has 9 nitrogen and oxygen atoms in total. The van der Waals surface area contributed by atoms with Gasteiger partial charge in [0.15, 0.2) is 0 Å². The SMILES string of the molecule is CC#CC#CC#CC#CC#CC#CC#CC(=O)O[C@H](COP(=O)([O-])[O-])OC(=O)CCCCCCCCCCCC.N.[HH].[HH].[HH].[HH].[HH].[HH].[HH].[HH].[HH].[HH].[HH].[HH].[HH].[Na+].[Na+]. The fraction of sp³-hybridized carbons (Fsp3) is 0.484. The van der Waals surface area contributed by atoms with Crippen LogP contribution in [-0.4, -0.2) is 24.8 Å². The van der Waals surface area contributed by atoms with E-state index in [0.717, 1.165) is 25.7 Å². The van der Waals surface area contributed by atoms with Gasteiger partial charge in [0, 0.05) is 30.9 Å². The van der Waals surface area contributed by atoms with Crippen LogP contribution in [0, 0.1) is 82.9 Å².